The van der Waals surface area contributed by atoms with Crippen molar-refractivity contribution in [2.24, 2.45) is 5.92 Å². The third-order valence-electron chi connectivity index (χ3n) is 2.70. The Morgan fingerprint density at radius 1 is 1.58 bits per heavy atom. The van der Waals surface area contributed by atoms with Gasteiger partial charge < -0.3 is 24.4 Å². The molecule has 1 aromatic heterocycles. The Labute approximate surface area is 108 Å². The summed E-state index contributed by atoms with van der Waals surface area (Å²) in [5.74, 6) is -1.35. The zero-order valence-electron chi connectivity index (χ0n) is 10.3. The van der Waals surface area contributed by atoms with Crippen LogP contribution in [-0.4, -0.2) is 48.0 Å². The van der Waals surface area contributed by atoms with Gasteiger partial charge in [0, 0.05) is 6.07 Å². The highest BCUT2D eigenvalue weighted by atomic mass is 16.5. The molecule has 2 atom stereocenters. The monoisotopic (exact) mass is 270 g/mol. The summed E-state index contributed by atoms with van der Waals surface area (Å²) in [7, 11) is 0. The van der Waals surface area contributed by atoms with Crippen LogP contribution in [0.3, 0.4) is 0 Å². The third kappa shape index (κ3) is 3.44. The molecule has 0 bridgehead atoms. The van der Waals surface area contributed by atoms with Crippen molar-refractivity contribution in [1.82, 2.24) is 10.5 Å². The number of carboxylic acid groups (broad SMARTS) is 1. The predicted octanol–water partition coefficient (Wildman–Crippen LogP) is -0.422. The molecule has 2 unspecified atom stereocenters. The maximum Gasteiger partial charge on any atom is 0.311 e. The van der Waals surface area contributed by atoms with E-state index in [1.165, 1.54) is 0 Å². The Morgan fingerprint density at radius 2 is 2.37 bits per heavy atom. The molecule has 1 saturated heterocycles. The summed E-state index contributed by atoms with van der Waals surface area (Å²) >= 11 is 0. The molecule has 8 nitrogen and oxygen atoms in total. The van der Waals surface area contributed by atoms with Gasteiger partial charge in [-0.15, -0.1) is 0 Å². The van der Waals surface area contributed by atoms with Crippen LogP contribution in [0.2, 0.25) is 0 Å². The average molecular weight is 270 g/mol. The van der Waals surface area contributed by atoms with Crippen molar-refractivity contribution in [1.29, 1.82) is 0 Å². The Bertz CT molecular complexity index is 472. The molecule has 1 aromatic rings. The number of ether oxygens (including phenoxy) is 2. The van der Waals surface area contributed by atoms with Crippen LogP contribution in [0, 0.1) is 12.8 Å². The lowest BCUT2D eigenvalue weighted by atomic mass is 10.0. The molecule has 0 radical (unpaired) electrons. The fraction of sp³-hybridized carbons (Fsp3) is 0.545. The quantitative estimate of drug-likeness (QED) is 0.747. The second kappa shape index (κ2) is 5.70. The molecule has 2 N–H and O–H groups in total. The summed E-state index contributed by atoms with van der Waals surface area (Å²) in [4.78, 5) is 22.5. The Morgan fingerprint density at radius 3 is 3.00 bits per heavy atom. The summed E-state index contributed by atoms with van der Waals surface area (Å²) in [6.45, 7) is 1.73. The SMILES string of the molecule is Cc1cc(OCC(=O)NC2COCC2C(=O)O)no1. The summed E-state index contributed by atoms with van der Waals surface area (Å²) in [6.07, 6.45) is 0. The molecule has 2 rings (SSSR count). The first kappa shape index (κ1) is 13.3. The Balaban J connectivity index is 1.79. The zero-order chi connectivity index (χ0) is 13.8. The van der Waals surface area contributed by atoms with Gasteiger partial charge in [-0.25, -0.2) is 0 Å². The standard InChI is InChI=1S/C11H14N2O6/c1-6-2-10(13-19-6)18-5-9(14)12-8-4-17-3-7(8)11(15)16/h2,7-8H,3-5H2,1H3,(H,12,14)(H,15,16). The lowest BCUT2D eigenvalue weighted by molar-refractivity contribution is -0.142. The third-order valence-corrected chi connectivity index (χ3v) is 2.70. The normalized spacial score (nSPS) is 22.2. The second-order valence-electron chi connectivity index (χ2n) is 4.22. The van der Waals surface area contributed by atoms with Crippen LogP contribution in [0.15, 0.2) is 10.6 Å². The number of nitrogens with one attached hydrogen (secondary N) is 1. The van der Waals surface area contributed by atoms with Crippen LogP contribution in [0.1, 0.15) is 5.76 Å². The molecule has 0 aliphatic carbocycles. The highest BCUT2D eigenvalue weighted by Crippen LogP contribution is 2.14. The van der Waals surface area contributed by atoms with Crippen molar-refractivity contribution in [2.45, 2.75) is 13.0 Å². The minimum Gasteiger partial charge on any atom is -0.481 e. The van der Waals surface area contributed by atoms with E-state index < -0.39 is 23.8 Å². The van der Waals surface area contributed by atoms with E-state index in [1.54, 1.807) is 13.0 Å². The number of carboxylic acids is 1. The van der Waals surface area contributed by atoms with Crippen molar-refractivity contribution in [3.63, 3.8) is 0 Å². The number of carbonyl (C=O) groups excluding carboxylic acids is 1. The minimum atomic E-state index is -0.990. The number of aliphatic carboxylic acids is 1. The van der Waals surface area contributed by atoms with Crippen molar-refractivity contribution in [3.05, 3.63) is 11.8 Å². The highest BCUT2D eigenvalue weighted by molar-refractivity contribution is 5.79. The molecule has 2 heterocycles. The fourth-order valence-electron chi connectivity index (χ4n) is 1.74. The summed E-state index contributed by atoms with van der Waals surface area (Å²) < 4.78 is 14.9. The number of aryl methyl sites for hydroxylation is 1. The molecule has 104 valence electrons. The van der Waals surface area contributed by atoms with Gasteiger partial charge >= 0.3 is 5.97 Å². The Kier molecular flexibility index (Phi) is 4.00. The molecular weight excluding hydrogens is 256 g/mol. The van der Waals surface area contributed by atoms with Crippen LogP contribution in [0.4, 0.5) is 0 Å². The first-order chi connectivity index (χ1) is 9.06. The van der Waals surface area contributed by atoms with Gasteiger partial charge in [-0.05, 0) is 12.1 Å². The summed E-state index contributed by atoms with van der Waals surface area (Å²) in [5, 5.41) is 15.0. The number of hydrogen-bond donors (Lipinski definition) is 2. The molecule has 1 aliphatic rings. The molecule has 1 fully saturated rings. The van der Waals surface area contributed by atoms with Crippen molar-refractivity contribution < 1.29 is 28.7 Å². The van der Waals surface area contributed by atoms with Gasteiger partial charge in [0.15, 0.2) is 6.61 Å². The van der Waals surface area contributed by atoms with Crippen LogP contribution in [0.25, 0.3) is 0 Å². The number of amides is 1. The number of hydrogen-bond acceptors (Lipinski definition) is 6. The van der Waals surface area contributed by atoms with Crippen molar-refractivity contribution in [3.8, 4) is 5.88 Å². The topological polar surface area (TPSA) is 111 Å². The maximum absolute atomic E-state index is 11.6. The fourth-order valence-corrected chi connectivity index (χ4v) is 1.74. The first-order valence-electron chi connectivity index (χ1n) is 5.72. The van der Waals surface area contributed by atoms with E-state index in [2.05, 4.69) is 10.5 Å². The van der Waals surface area contributed by atoms with Crippen molar-refractivity contribution >= 4 is 11.9 Å². The van der Waals surface area contributed by atoms with Gasteiger partial charge in [-0.1, -0.05) is 0 Å². The number of carbonyl (C=O) groups is 2. The summed E-state index contributed by atoms with van der Waals surface area (Å²) in [5.41, 5.74) is 0. The molecule has 0 aromatic carbocycles. The first-order valence-corrected chi connectivity index (χ1v) is 5.72. The van der Waals surface area contributed by atoms with E-state index in [9.17, 15) is 9.59 Å². The Hall–Kier alpha value is -2.09. The van der Waals surface area contributed by atoms with Crippen LogP contribution < -0.4 is 10.1 Å². The van der Waals surface area contributed by atoms with E-state index in [-0.39, 0.29) is 25.7 Å². The zero-order valence-corrected chi connectivity index (χ0v) is 10.3. The lowest BCUT2D eigenvalue weighted by Gasteiger charge is -2.15. The van der Waals surface area contributed by atoms with Gasteiger partial charge in [0.25, 0.3) is 11.8 Å². The molecule has 1 aliphatic heterocycles. The van der Waals surface area contributed by atoms with Gasteiger partial charge in [0.1, 0.15) is 11.7 Å². The van der Waals surface area contributed by atoms with E-state index >= 15 is 0 Å². The molecular formula is C11H14N2O6. The van der Waals surface area contributed by atoms with E-state index in [1.807, 2.05) is 0 Å². The van der Waals surface area contributed by atoms with Crippen LogP contribution >= 0.6 is 0 Å². The van der Waals surface area contributed by atoms with Gasteiger partial charge in [0.05, 0.1) is 19.3 Å². The number of aromatic nitrogens is 1. The largest absolute Gasteiger partial charge is 0.481 e. The number of rotatable bonds is 5. The molecule has 0 spiro atoms. The molecule has 8 heteroatoms. The van der Waals surface area contributed by atoms with Crippen molar-refractivity contribution in [2.75, 3.05) is 19.8 Å². The second-order valence-corrected chi connectivity index (χ2v) is 4.22. The maximum atomic E-state index is 11.6. The number of nitrogens with zero attached hydrogens (tertiary/aromatic N) is 1. The molecule has 1 amide bonds. The highest BCUT2D eigenvalue weighted by Gasteiger charge is 2.35. The molecule has 19 heavy (non-hydrogen) atoms. The van der Waals surface area contributed by atoms with E-state index in [4.69, 9.17) is 19.1 Å². The van der Waals surface area contributed by atoms with Gasteiger partial charge in [0.2, 0.25) is 0 Å². The van der Waals surface area contributed by atoms with Gasteiger partial charge in [-0.2, -0.15) is 0 Å². The van der Waals surface area contributed by atoms with E-state index in [0.717, 1.165) is 0 Å². The average Bonchev–Trinajstić information content (AvgIpc) is 2.95. The van der Waals surface area contributed by atoms with Gasteiger partial charge in [-0.3, -0.25) is 9.59 Å². The molecule has 0 saturated carbocycles. The smallest absolute Gasteiger partial charge is 0.311 e. The minimum absolute atomic E-state index is 0.101. The summed E-state index contributed by atoms with van der Waals surface area (Å²) in [6, 6.07) is 1.01. The van der Waals surface area contributed by atoms with Crippen LogP contribution in [0.5, 0.6) is 5.88 Å². The lowest BCUT2D eigenvalue weighted by Crippen LogP contribution is -2.44. The van der Waals surface area contributed by atoms with E-state index in [0.29, 0.717) is 5.76 Å². The van der Waals surface area contributed by atoms with Crippen LogP contribution in [-0.2, 0) is 14.3 Å². The predicted molar refractivity (Wildman–Crippen MR) is 60.6 cm³/mol.